The van der Waals surface area contributed by atoms with E-state index in [2.05, 4.69) is 5.32 Å². The second kappa shape index (κ2) is 7.28. The summed E-state index contributed by atoms with van der Waals surface area (Å²) in [5, 5.41) is 4.04. The fourth-order valence-corrected chi connectivity index (χ4v) is 3.94. The lowest BCUT2D eigenvalue weighted by Gasteiger charge is -2.18. The Bertz CT molecular complexity index is 1090. The second-order valence-corrected chi connectivity index (χ2v) is 7.32. The summed E-state index contributed by atoms with van der Waals surface area (Å²) in [6, 6.07) is 11.6. The number of carbonyl (C=O) groups excluding carboxylic acids is 2. The monoisotopic (exact) mass is 399 g/mol. The Morgan fingerprint density at radius 3 is 2.79 bits per heavy atom. The van der Waals surface area contributed by atoms with Crippen molar-refractivity contribution < 1.29 is 14.0 Å². The number of fused-ring (bicyclic) bond motifs is 1. The number of carbonyl (C=O) groups is 2. The molecule has 28 heavy (non-hydrogen) atoms. The molecule has 1 N–H and O–H groups in total. The van der Waals surface area contributed by atoms with Gasteiger partial charge in [-0.2, -0.15) is 0 Å². The number of halogens is 2. The topological polar surface area (TPSA) is 54.3 Å². The molecule has 1 aromatic heterocycles. The Balaban J connectivity index is 1.75. The molecule has 7 heteroatoms. The summed E-state index contributed by atoms with van der Waals surface area (Å²) in [6.45, 7) is 0.811. The van der Waals surface area contributed by atoms with Gasteiger partial charge in [-0.3, -0.25) is 9.59 Å². The molecule has 0 bridgehead atoms. The van der Waals surface area contributed by atoms with E-state index in [1.807, 2.05) is 12.1 Å². The maximum atomic E-state index is 13.9. The smallest absolute Gasteiger partial charge is 0.270 e. The van der Waals surface area contributed by atoms with Crippen LogP contribution >= 0.6 is 11.6 Å². The van der Waals surface area contributed by atoms with E-state index in [0.29, 0.717) is 53.2 Å². The number of aromatic nitrogens is 1. The molecule has 1 saturated heterocycles. The molecule has 0 aliphatic carbocycles. The van der Waals surface area contributed by atoms with E-state index in [1.165, 1.54) is 12.1 Å². The molecule has 144 valence electrons. The highest BCUT2D eigenvalue weighted by Gasteiger charge is 2.31. The van der Waals surface area contributed by atoms with Crippen molar-refractivity contribution >= 4 is 40.0 Å². The predicted molar refractivity (Wildman–Crippen MR) is 107 cm³/mol. The van der Waals surface area contributed by atoms with Gasteiger partial charge in [0, 0.05) is 37.0 Å². The fraction of sp³-hybridized carbons (Fsp3) is 0.238. The summed E-state index contributed by atoms with van der Waals surface area (Å²) < 4.78 is 15.6. The molecule has 2 aromatic carbocycles. The molecule has 5 nitrogen and oxygen atoms in total. The van der Waals surface area contributed by atoms with Crippen molar-refractivity contribution in [1.29, 1.82) is 0 Å². The van der Waals surface area contributed by atoms with Gasteiger partial charge in [0.2, 0.25) is 5.91 Å². The summed E-state index contributed by atoms with van der Waals surface area (Å²) in [5.74, 6) is -0.786. The summed E-state index contributed by atoms with van der Waals surface area (Å²) in [4.78, 5) is 27.0. The maximum Gasteiger partial charge on any atom is 0.270 e. The predicted octanol–water partition coefficient (Wildman–Crippen LogP) is 4.03. The molecule has 0 saturated carbocycles. The van der Waals surface area contributed by atoms with E-state index < -0.39 is 5.82 Å². The highest BCUT2D eigenvalue weighted by molar-refractivity contribution is 6.30. The van der Waals surface area contributed by atoms with Crippen molar-refractivity contribution in [2.24, 2.45) is 7.05 Å². The van der Waals surface area contributed by atoms with Crippen LogP contribution in [0.5, 0.6) is 0 Å². The molecule has 1 aliphatic rings. The van der Waals surface area contributed by atoms with Crippen molar-refractivity contribution in [2.45, 2.75) is 19.4 Å². The molecule has 3 aromatic rings. The first kappa shape index (κ1) is 18.5. The summed E-state index contributed by atoms with van der Waals surface area (Å²) in [7, 11) is 1.75. The van der Waals surface area contributed by atoms with Crippen LogP contribution in [0.25, 0.3) is 10.9 Å². The fourth-order valence-electron chi connectivity index (χ4n) is 3.73. The zero-order chi connectivity index (χ0) is 19.8. The molecule has 2 amide bonds. The number of benzene rings is 2. The van der Waals surface area contributed by atoms with Crippen LogP contribution in [-0.2, 0) is 18.4 Å². The van der Waals surface area contributed by atoms with E-state index in [4.69, 9.17) is 11.6 Å². The van der Waals surface area contributed by atoms with Crippen molar-refractivity contribution in [2.75, 3.05) is 11.4 Å². The molecule has 0 radical (unpaired) electrons. The Morgan fingerprint density at radius 2 is 2.07 bits per heavy atom. The minimum Gasteiger partial charge on any atom is -0.347 e. The number of anilines is 1. The third-order valence-electron chi connectivity index (χ3n) is 5.04. The Hall–Kier alpha value is -2.86. The lowest BCUT2D eigenvalue weighted by Crippen LogP contribution is -2.30. The number of hydrogen-bond donors (Lipinski definition) is 1. The second-order valence-electron chi connectivity index (χ2n) is 6.88. The lowest BCUT2D eigenvalue weighted by atomic mass is 10.2. The largest absolute Gasteiger partial charge is 0.347 e. The van der Waals surface area contributed by atoms with Crippen LogP contribution in [0.15, 0.2) is 42.5 Å². The van der Waals surface area contributed by atoms with E-state index in [-0.39, 0.29) is 11.8 Å². The minimum absolute atomic E-state index is 0.0550. The van der Waals surface area contributed by atoms with Gasteiger partial charge in [-0.15, -0.1) is 0 Å². The number of aryl methyl sites for hydroxylation is 1. The quantitative estimate of drug-likeness (QED) is 0.720. The van der Waals surface area contributed by atoms with E-state index in [0.717, 1.165) is 5.56 Å². The van der Waals surface area contributed by atoms with Gasteiger partial charge in [0.25, 0.3) is 5.91 Å². The molecule has 4 rings (SSSR count). The average Bonchev–Trinajstić information content (AvgIpc) is 3.20. The van der Waals surface area contributed by atoms with Gasteiger partial charge in [-0.1, -0.05) is 23.7 Å². The first-order valence-corrected chi connectivity index (χ1v) is 9.44. The van der Waals surface area contributed by atoms with Crippen molar-refractivity contribution in [3.63, 3.8) is 0 Å². The first-order valence-electron chi connectivity index (χ1n) is 9.06. The highest BCUT2D eigenvalue weighted by Crippen LogP contribution is 2.36. The molecule has 1 fully saturated rings. The molecule has 0 spiro atoms. The molecular formula is C21H19ClFN3O2. The van der Waals surface area contributed by atoms with Crippen LogP contribution in [0.2, 0.25) is 5.02 Å². The van der Waals surface area contributed by atoms with Gasteiger partial charge in [0.1, 0.15) is 11.5 Å². The zero-order valence-corrected chi connectivity index (χ0v) is 16.1. The van der Waals surface area contributed by atoms with Crippen molar-refractivity contribution in [3.05, 3.63) is 64.6 Å². The van der Waals surface area contributed by atoms with Gasteiger partial charge < -0.3 is 14.8 Å². The van der Waals surface area contributed by atoms with Crippen LogP contribution in [0, 0.1) is 5.82 Å². The van der Waals surface area contributed by atoms with Crippen LogP contribution in [-0.4, -0.2) is 22.9 Å². The number of hydrogen-bond acceptors (Lipinski definition) is 2. The van der Waals surface area contributed by atoms with Gasteiger partial charge >= 0.3 is 0 Å². The van der Waals surface area contributed by atoms with Crippen molar-refractivity contribution in [3.8, 4) is 0 Å². The number of rotatable bonds is 4. The number of amides is 2. The third-order valence-corrected chi connectivity index (χ3v) is 5.27. The maximum absolute atomic E-state index is 13.9. The Labute approximate surface area is 166 Å². The van der Waals surface area contributed by atoms with Gasteiger partial charge in [0.05, 0.1) is 11.2 Å². The molecule has 0 atom stereocenters. The minimum atomic E-state index is -0.406. The van der Waals surface area contributed by atoms with Crippen molar-refractivity contribution in [1.82, 2.24) is 9.88 Å². The number of nitrogens with zero attached hydrogens (tertiary/aromatic N) is 2. The summed E-state index contributed by atoms with van der Waals surface area (Å²) in [5.41, 5.74) is 2.38. The average molecular weight is 400 g/mol. The molecule has 2 heterocycles. The van der Waals surface area contributed by atoms with Crippen LogP contribution in [0.1, 0.15) is 28.9 Å². The summed E-state index contributed by atoms with van der Waals surface area (Å²) in [6.07, 6.45) is 1.14. The third kappa shape index (κ3) is 3.24. The van der Waals surface area contributed by atoms with E-state index in [1.54, 1.807) is 34.7 Å². The first-order chi connectivity index (χ1) is 13.5. The summed E-state index contributed by atoms with van der Waals surface area (Å²) >= 11 is 6.00. The zero-order valence-electron chi connectivity index (χ0n) is 15.3. The number of nitrogens with one attached hydrogen (secondary N) is 1. The highest BCUT2D eigenvalue weighted by atomic mass is 35.5. The van der Waals surface area contributed by atoms with Gasteiger partial charge in [-0.25, -0.2) is 4.39 Å². The standard InChI is InChI=1S/C21H19ClFN3O2/c1-25-17-8-7-15(23)11-16(17)19(26-9-3-6-18(26)27)20(25)21(28)24-12-13-4-2-5-14(22)10-13/h2,4-5,7-8,10-11H,3,6,9,12H2,1H3,(H,24,28). The molecular weight excluding hydrogens is 381 g/mol. The van der Waals surface area contributed by atoms with Crippen LogP contribution in [0.4, 0.5) is 10.1 Å². The lowest BCUT2D eigenvalue weighted by molar-refractivity contribution is -0.117. The SMILES string of the molecule is Cn1c(C(=O)NCc2cccc(Cl)c2)c(N2CCCC2=O)c2cc(F)ccc21. The Morgan fingerprint density at radius 1 is 1.25 bits per heavy atom. The van der Waals surface area contributed by atoms with E-state index >= 15 is 0 Å². The van der Waals surface area contributed by atoms with Crippen LogP contribution < -0.4 is 10.2 Å². The Kier molecular flexibility index (Phi) is 4.81. The van der Waals surface area contributed by atoms with Gasteiger partial charge in [-0.05, 0) is 42.3 Å². The molecule has 0 unspecified atom stereocenters. The normalized spacial score (nSPS) is 14.1. The van der Waals surface area contributed by atoms with E-state index in [9.17, 15) is 14.0 Å². The molecule has 1 aliphatic heterocycles. The van der Waals surface area contributed by atoms with Crippen LogP contribution in [0.3, 0.4) is 0 Å². The van der Waals surface area contributed by atoms with Gasteiger partial charge in [0.15, 0.2) is 0 Å².